The maximum absolute atomic E-state index is 11.6. The SMILES string of the molecule is COC(=O)CNCCNC(=O)CCCCCNC(=O)OC(C)(C)C. The van der Waals surface area contributed by atoms with Crippen LogP contribution in [0.3, 0.4) is 0 Å². The van der Waals surface area contributed by atoms with E-state index in [9.17, 15) is 14.4 Å². The molecule has 0 aliphatic rings. The molecule has 0 rings (SSSR count). The van der Waals surface area contributed by atoms with Crippen molar-refractivity contribution in [2.75, 3.05) is 33.3 Å². The highest BCUT2D eigenvalue weighted by molar-refractivity contribution is 5.75. The summed E-state index contributed by atoms with van der Waals surface area (Å²) >= 11 is 0. The van der Waals surface area contributed by atoms with Crippen LogP contribution < -0.4 is 16.0 Å². The van der Waals surface area contributed by atoms with E-state index in [1.54, 1.807) is 0 Å². The Bertz CT molecular complexity index is 394. The largest absolute Gasteiger partial charge is 0.468 e. The number of ether oxygens (including phenoxy) is 2. The molecule has 0 aromatic rings. The second-order valence-electron chi connectivity index (χ2n) is 6.34. The summed E-state index contributed by atoms with van der Waals surface area (Å²) in [5.74, 6) is -0.351. The number of alkyl carbamates (subject to hydrolysis) is 1. The highest BCUT2D eigenvalue weighted by Crippen LogP contribution is 2.06. The van der Waals surface area contributed by atoms with Gasteiger partial charge in [-0.1, -0.05) is 6.42 Å². The van der Waals surface area contributed by atoms with Crippen LogP contribution in [0.4, 0.5) is 4.79 Å². The standard InChI is InChI=1S/C16H31N3O5/c1-16(2,3)24-15(22)19-9-7-5-6-8-13(20)18-11-10-17-12-14(21)23-4/h17H,5-12H2,1-4H3,(H,18,20)(H,19,22). The van der Waals surface area contributed by atoms with Gasteiger partial charge in [0.05, 0.1) is 13.7 Å². The minimum absolute atomic E-state index is 0.0185. The summed E-state index contributed by atoms with van der Waals surface area (Å²) in [6.45, 7) is 7.10. The van der Waals surface area contributed by atoms with Gasteiger partial charge in [0.15, 0.2) is 0 Å². The molecule has 0 radical (unpaired) electrons. The predicted molar refractivity (Wildman–Crippen MR) is 90.6 cm³/mol. The number of methoxy groups -OCH3 is 1. The van der Waals surface area contributed by atoms with E-state index in [2.05, 4.69) is 20.7 Å². The fraction of sp³-hybridized carbons (Fsp3) is 0.812. The van der Waals surface area contributed by atoms with Gasteiger partial charge in [0.2, 0.25) is 5.91 Å². The Hall–Kier alpha value is -1.83. The maximum Gasteiger partial charge on any atom is 0.407 e. The zero-order valence-corrected chi connectivity index (χ0v) is 15.2. The number of unbranched alkanes of at least 4 members (excludes halogenated alkanes) is 2. The van der Waals surface area contributed by atoms with Gasteiger partial charge in [-0.15, -0.1) is 0 Å². The van der Waals surface area contributed by atoms with Gasteiger partial charge in [-0.25, -0.2) is 4.79 Å². The smallest absolute Gasteiger partial charge is 0.407 e. The normalized spacial score (nSPS) is 10.8. The summed E-state index contributed by atoms with van der Waals surface area (Å²) in [4.78, 5) is 33.8. The maximum atomic E-state index is 11.6. The van der Waals surface area contributed by atoms with E-state index in [0.717, 1.165) is 19.3 Å². The van der Waals surface area contributed by atoms with Crippen molar-refractivity contribution in [1.82, 2.24) is 16.0 Å². The number of rotatable bonds is 11. The summed E-state index contributed by atoms with van der Waals surface area (Å²) in [5.41, 5.74) is -0.492. The van der Waals surface area contributed by atoms with Gasteiger partial charge in [0, 0.05) is 26.1 Å². The number of nitrogens with one attached hydrogen (secondary N) is 3. The number of hydrogen-bond donors (Lipinski definition) is 3. The summed E-state index contributed by atoms with van der Waals surface area (Å²) in [7, 11) is 1.33. The number of carbonyl (C=O) groups excluding carboxylic acids is 3. The van der Waals surface area contributed by atoms with Gasteiger partial charge in [-0.05, 0) is 33.6 Å². The third-order valence-corrected chi connectivity index (χ3v) is 2.87. The fourth-order valence-electron chi connectivity index (χ4n) is 1.73. The lowest BCUT2D eigenvalue weighted by Crippen LogP contribution is -2.34. The molecule has 3 N–H and O–H groups in total. The van der Waals surface area contributed by atoms with Crippen molar-refractivity contribution >= 4 is 18.0 Å². The van der Waals surface area contributed by atoms with Crippen LogP contribution in [0.2, 0.25) is 0 Å². The highest BCUT2D eigenvalue weighted by Gasteiger charge is 2.15. The van der Waals surface area contributed by atoms with Gasteiger partial charge < -0.3 is 25.4 Å². The molecule has 0 heterocycles. The van der Waals surface area contributed by atoms with E-state index < -0.39 is 11.7 Å². The molecular formula is C16H31N3O5. The third-order valence-electron chi connectivity index (χ3n) is 2.87. The Morgan fingerprint density at radius 2 is 1.62 bits per heavy atom. The Labute approximate surface area is 144 Å². The molecule has 0 bridgehead atoms. The second-order valence-corrected chi connectivity index (χ2v) is 6.34. The number of amides is 2. The van der Waals surface area contributed by atoms with Crippen molar-refractivity contribution in [3.63, 3.8) is 0 Å². The van der Waals surface area contributed by atoms with Gasteiger partial charge in [0.25, 0.3) is 0 Å². The molecule has 0 spiro atoms. The quantitative estimate of drug-likeness (QED) is 0.380. The molecule has 2 amide bonds. The summed E-state index contributed by atoms with van der Waals surface area (Å²) in [6.07, 6.45) is 2.44. The summed E-state index contributed by atoms with van der Waals surface area (Å²) in [5, 5.41) is 8.31. The highest BCUT2D eigenvalue weighted by atomic mass is 16.6. The molecule has 0 aromatic carbocycles. The topological polar surface area (TPSA) is 106 Å². The van der Waals surface area contributed by atoms with E-state index in [0.29, 0.717) is 26.1 Å². The van der Waals surface area contributed by atoms with Crippen LogP contribution in [0.15, 0.2) is 0 Å². The van der Waals surface area contributed by atoms with Crippen molar-refractivity contribution in [3.8, 4) is 0 Å². The van der Waals surface area contributed by atoms with Gasteiger partial charge in [0.1, 0.15) is 5.60 Å². The Morgan fingerprint density at radius 1 is 0.917 bits per heavy atom. The zero-order chi connectivity index (χ0) is 18.4. The molecule has 8 heteroatoms. The monoisotopic (exact) mass is 345 g/mol. The van der Waals surface area contributed by atoms with Crippen LogP contribution in [0.1, 0.15) is 46.5 Å². The molecule has 0 fully saturated rings. The number of carbonyl (C=O) groups is 3. The molecule has 0 aliphatic carbocycles. The van der Waals surface area contributed by atoms with E-state index in [1.807, 2.05) is 20.8 Å². The first-order valence-electron chi connectivity index (χ1n) is 8.25. The van der Waals surface area contributed by atoms with E-state index in [1.165, 1.54) is 7.11 Å². The first-order valence-corrected chi connectivity index (χ1v) is 8.25. The Morgan fingerprint density at radius 3 is 2.25 bits per heavy atom. The molecule has 0 unspecified atom stereocenters. The molecule has 24 heavy (non-hydrogen) atoms. The van der Waals surface area contributed by atoms with Crippen LogP contribution in [0, 0.1) is 0 Å². The molecule has 0 saturated heterocycles. The van der Waals surface area contributed by atoms with Crippen molar-refractivity contribution in [2.24, 2.45) is 0 Å². The number of hydrogen-bond acceptors (Lipinski definition) is 6. The van der Waals surface area contributed by atoms with Crippen LogP contribution in [0.25, 0.3) is 0 Å². The van der Waals surface area contributed by atoms with Gasteiger partial charge >= 0.3 is 12.1 Å². The van der Waals surface area contributed by atoms with Crippen molar-refractivity contribution < 1.29 is 23.9 Å². The zero-order valence-electron chi connectivity index (χ0n) is 15.2. The summed E-state index contributed by atoms with van der Waals surface area (Å²) in [6, 6.07) is 0. The van der Waals surface area contributed by atoms with Crippen LogP contribution in [0.5, 0.6) is 0 Å². The average molecular weight is 345 g/mol. The van der Waals surface area contributed by atoms with E-state index in [4.69, 9.17) is 4.74 Å². The molecule has 0 atom stereocenters. The minimum Gasteiger partial charge on any atom is -0.468 e. The van der Waals surface area contributed by atoms with Crippen molar-refractivity contribution in [2.45, 2.75) is 52.1 Å². The molecule has 0 aromatic heterocycles. The van der Waals surface area contributed by atoms with E-state index in [-0.39, 0.29) is 18.4 Å². The average Bonchev–Trinajstić information content (AvgIpc) is 2.48. The van der Waals surface area contributed by atoms with Gasteiger partial charge in [-0.3, -0.25) is 9.59 Å². The predicted octanol–water partition coefficient (Wildman–Crippen LogP) is 0.950. The Balaban J connectivity index is 3.43. The Kier molecular flexibility index (Phi) is 11.6. The van der Waals surface area contributed by atoms with Crippen molar-refractivity contribution in [1.29, 1.82) is 0 Å². The number of esters is 1. The third kappa shape index (κ3) is 15.1. The lowest BCUT2D eigenvalue weighted by Gasteiger charge is -2.19. The second kappa shape index (κ2) is 12.6. The van der Waals surface area contributed by atoms with E-state index >= 15 is 0 Å². The molecule has 0 aliphatic heterocycles. The van der Waals surface area contributed by atoms with Crippen molar-refractivity contribution in [3.05, 3.63) is 0 Å². The minimum atomic E-state index is -0.492. The van der Waals surface area contributed by atoms with Crippen LogP contribution >= 0.6 is 0 Å². The molecule has 8 nitrogen and oxygen atoms in total. The van der Waals surface area contributed by atoms with Crippen LogP contribution in [-0.4, -0.2) is 56.9 Å². The first-order chi connectivity index (χ1) is 11.2. The fourth-order valence-corrected chi connectivity index (χ4v) is 1.73. The molecular weight excluding hydrogens is 314 g/mol. The molecule has 0 saturated carbocycles. The lowest BCUT2D eigenvalue weighted by atomic mass is 10.2. The molecule has 140 valence electrons. The van der Waals surface area contributed by atoms with Gasteiger partial charge in [-0.2, -0.15) is 0 Å². The first kappa shape index (κ1) is 22.2. The summed E-state index contributed by atoms with van der Waals surface area (Å²) < 4.78 is 9.60. The lowest BCUT2D eigenvalue weighted by molar-refractivity contribution is -0.139. The van der Waals surface area contributed by atoms with Crippen LogP contribution in [-0.2, 0) is 19.1 Å².